The number of carboxylic acids is 1. The van der Waals surface area contributed by atoms with Crippen LogP contribution in [0.5, 0.6) is 0 Å². The fraction of sp³-hybridized carbons (Fsp3) is 0.867. The van der Waals surface area contributed by atoms with Gasteiger partial charge in [0.2, 0.25) is 5.91 Å². The third-order valence-electron chi connectivity index (χ3n) is 3.79. The highest BCUT2D eigenvalue weighted by atomic mass is 16.4. The lowest BCUT2D eigenvalue weighted by molar-refractivity contribution is -0.156. The smallest absolute Gasteiger partial charge is 0.310 e. The number of nitrogens with zero attached hydrogens (tertiary/aromatic N) is 1. The molecule has 0 aromatic rings. The zero-order chi connectivity index (χ0) is 15.4. The third-order valence-corrected chi connectivity index (χ3v) is 3.79. The molecular weight excluding hydrogens is 242 g/mol. The van der Waals surface area contributed by atoms with Crippen LogP contribution < -0.4 is 0 Å². The van der Waals surface area contributed by atoms with E-state index in [0.29, 0.717) is 12.5 Å². The normalized spacial score (nSPS) is 14.8. The van der Waals surface area contributed by atoms with Gasteiger partial charge in [0.15, 0.2) is 0 Å². The summed E-state index contributed by atoms with van der Waals surface area (Å²) in [5, 5.41) is 9.38. The van der Waals surface area contributed by atoms with Crippen LogP contribution in [0.1, 0.15) is 54.9 Å². The Hall–Kier alpha value is -1.06. The molecule has 112 valence electrons. The van der Waals surface area contributed by atoms with Crippen LogP contribution >= 0.6 is 0 Å². The van der Waals surface area contributed by atoms with E-state index in [2.05, 4.69) is 13.8 Å². The van der Waals surface area contributed by atoms with Crippen molar-refractivity contribution < 1.29 is 14.7 Å². The SMILES string of the molecule is CC(C)CN(C(=O)CC(C)(C(=O)O)C(C)C)C(C)C. The van der Waals surface area contributed by atoms with E-state index in [9.17, 15) is 14.7 Å². The van der Waals surface area contributed by atoms with E-state index in [4.69, 9.17) is 0 Å². The highest BCUT2D eigenvalue weighted by molar-refractivity contribution is 5.85. The van der Waals surface area contributed by atoms with E-state index in [0.717, 1.165) is 0 Å². The topological polar surface area (TPSA) is 57.6 Å². The predicted molar refractivity (Wildman–Crippen MR) is 76.9 cm³/mol. The number of carboxylic acid groups (broad SMARTS) is 1. The molecule has 1 amide bonds. The number of rotatable bonds is 7. The maximum Gasteiger partial charge on any atom is 0.310 e. The fourth-order valence-electron chi connectivity index (χ4n) is 1.94. The summed E-state index contributed by atoms with van der Waals surface area (Å²) < 4.78 is 0. The number of hydrogen-bond donors (Lipinski definition) is 1. The summed E-state index contributed by atoms with van der Waals surface area (Å²) in [6.45, 7) is 14.1. The number of carbonyl (C=O) groups excluding carboxylic acids is 1. The van der Waals surface area contributed by atoms with Gasteiger partial charge >= 0.3 is 5.97 Å². The second-order valence-electron chi connectivity index (χ2n) is 6.59. The zero-order valence-corrected chi connectivity index (χ0v) is 13.4. The van der Waals surface area contributed by atoms with E-state index in [1.54, 1.807) is 11.8 Å². The molecule has 0 bridgehead atoms. The summed E-state index contributed by atoms with van der Waals surface area (Å²) in [7, 11) is 0. The van der Waals surface area contributed by atoms with Crippen LogP contribution in [0, 0.1) is 17.3 Å². The minimum Gasteiger partial charge on any atom is -0.481 e. The zero-order valence-electron chi connectivity index (χ0n) is 13.4. The Balaban J connectivity index is 5.02. The summed E-state index contributed by atoms with van der Waals surface area (Å²) in [5.41, 5.74) is -0.999. The van der Waals surface area contributed by atoms with Crippen LogP contribution in [0.25, 0.3) is 0 Å². The van der Waals surface area contributed by atoms with Gasteiger partial charge in [-0.2, -0.15) is 0 Å². The van der Waals surface area contributed by atoms with Crippen molar-refractivity contribution in [3.8, 4) is 0 Å². The second-order valence-corrected chi connectivity index (χ2v) is 6.59. The number of carbonyl (C=O) groups is 2. The van der Waals surface area contributed by atoms with Gasteiger partial charge in [0.05, 0.1) is 5.41 Å². The van der Waals surface area contributed by atoms with Crippen molar-refractivity contribution >= 4 is 11.9 Å². The molecule has 0 fully saturated rings. The van der Waals surface area contributed by atoms with Gasteiger partial charge in [0.1, 0.15) is 0 Å². The van der Waals surface area contributed by atoms with Gasteiger partial charge in [-0.05, 0) is 32.6 Å². The quantitative estimate of drug-likeness (QED) is 0.774. The Morgan fingerprint density at radius 3 is 1.84 bits per heavy atom. The molecule has 0 rings (SSSR count). The van der Waals surface area contributed by atoms with Gasteiger partial charge in [-0.1, -0.05) is 27.7 Å². The van der Waals surface area contributed by atoms with Crippen molar-refractivity contribution in [3.05, 3.63) is 0 Å². The van der Waals surface area contributed by atoms with Crippen LogP contribution in [-0.2, 0) is 9.59 Å². The van der Waals surface area contributed by atoms with E-state index < -0.39 is 11.4 Å². The molecule has 0 aliphatic rings. The second kappa shape index (κ2) is 6.92. The molecule has 0 aromatic heterocycles. The molecule has 0 radical (unpaired) electrons. The lowest BCUT2D eigenvalue weighted by Gasteiger charge is -2.34. The van der Waals surface area contributed by atoms with Crippen LogP contribution in [-0.4, -0.2) is 34.5 Å². The lowest BCUT2D eigenvalue weighted by Crippen LogP contribution is -2.44. The van der Waals surface area contributed by atoms with E-state index in [1.165, 1.54) is 0 Å². The number of aliphatic carboxylic acids is 1. The average molecular weight is 271 g/mol. The van der Waals surface area contributed by atoms with Gasteiger partial charge in [-0.25, -0.2) is 0 Å². The summed E-state index contributed by atoms with van der Waals surface area (Å²) in [6.07, 6.45) is 0.0604. The van der Waals surface area contributed by atoms with Gasteiger partial charge in [-0.3, -0.25) is 9.59 Å². The maximum atomic E-state index is 12.4. The Kier molecular flexibility index (Phi) is 6.53. The Morgan fingerprint density at radius 1 is 1.11 bits per heavy atom. The molecule has 4 heteroatoms. The predicted octanol–water partition coefficient (Wildman–Crippen LogP) is 3.02. The summed E-state index contributed by atoms with van der Waals surface area (Å²) in [6, 6.07) is 0.0973. The van der Waals surface area contributed by atoms with Gasteiger partial charge in [-0.15, -0.1) is 0 Å². The molecule has 0 saturated carbocycles. The molecule has 1 unspecified atom stereocenters. The first-order chi connectivity index (χ1) is 8.52. The minimum atomic E-state index is -0.999. The van der Waals surface area contributed by atoms with Crippen molar-refractivity contribution in [2.75, 3.05) is 6.54 Å². The van der Waals surface area contributed by atoms with Gasteiger partial charge in [0, 0.05) is 19.0 Å². The van der Waals surface area contributed by atoms with Crippen LogP contribution in [0.4, 0.5) is 0 Å². The molecule has 19 heavy (non-hydrogen) atoms. The van der Waals surface area contributed by atoms with Gasteiger partial charge < -0.3 is 10.0 Å². The maximum absolute atomic E-state index is 12.4. The first-order valence-electron chi connectivity index (χ1n) is 7.05. The molecule has 1 atom stereocenters. The van der Waals surface area contributed by atoms with Crippen molar-refractivity contribution in [2.45, 2.75) is 60.9 Å². The molecule has 4 nitrogen and oxygen atoms in total. The molecule has 0 heterocycles. The van der Waals surface area contributed by atoms with Crippen molar-refractivity contribution in [1.82, 2.24) is 4.90 Å². The summed E-state index contributed by atoms with van der Waals surface area (Å²) in [5.74, 6) is -0.671. The molecule has 1 N–H and O–H groups in total. The number of amides is 1. The van der Waals surface area contributed by atoms with E-state index in [-0.39, 0.29) is 24.3 Å². The monoisotopic (exact) mass is 271 g/mol. The number of hydrogen-bond acceptors (Lipinski definition) is 2. The van der Waals surface area contributed by atoms with Gasteiger partial charge in [0.25, 0.3) is 0 Å². The molecular formula is C15H29NO3. The molecule has 0 spiro atoms. The van der Waals surface area contributed by atoms with E-state index in [1.807, 2.05) is 27.7 Å². The standard InChI is InChI=1S/C15H29NO3/c1-10(2)9-16(12(5)6)13(17)8-15(7,11(3)4)14(18)19/h10-12H,8-9H2,1-7H3,(H,18,19). The Labute approximate surface area is 117 Å². The largest absolute Gasteiger partial charge is 0.481 e. The molecule has 0 aliphatic heterocycles. The van der Waals surface area contributed by atoms with Crippen molar-refractivity contribution in [3.63, 3.8) is 0 Å². The fourth-order valence-corrected chi connectivity index (χ4v) is 1.94. The highest BCUT2D eigenvalue weighted by Crippen LogP contribution is 2.32. The lowest BCUT2D eigenvalue weighted by atomic mass is 9.76. The van der Waals surface area contributed by atoms with Crippen LogP contribution in [0.2, 0.25) is 0 Å². The minimum absolute atomic E-state index is 0.0604. The highest BCUT2D eigenvalue weighted by Gasteiger charge is 2.40. The van der Waals surface area contributed by atoms with Crippen LogP contribution in [0.15, 0.2) is 0 Å². The van der Waals surface area contributed by atoms with Crippen LogP contribution in [0.3, 0.4) is 0 Å². The van der Waals surface area contributed by atoms with Crippen molar-refractivity contribution in [2.24, 2.45) is 17.3 Å². The Morgan fingerprint density at radius 2 is 1.58 bits per heavy atom. The van der Waals surface area contributed by atoms with Crippen molar-refractivity contribution in [1.29, 1.82) is 0 Å². The average Bonchev–Trinajstić information content (AvgIpc) is 2.24. The Bertz CT molecular complexity index is 323. The molecule has 0 aliphatic carbocycles. The summed E-state index contributed by atoms with van der Waals surface area (Å²) >= 11 is 0. The summed E-state index contributed by atoms with van der Waals surface area (Å²) in [4.78, 5) is 25.6. The molecule has 0 saturated heterocycles. The first-order valence-corrected chi connectivity index (χ1v) is 7.05. The third kappa shape index (κ3) is 4.84. The molecule has 0 aromatic carbocycles. The van der Waals surface area contributed by atoms with E-state index >= 15 is 0 Å². The first kappa shape index (κ1) is 17.9.